The van der Waals surface area contributed by atoms with Crippen LogP contribution < -0.4 is 10.9 Å². The Balaban J connectivity index is 1.60. The fraction of sp³-hybridized carbons (Fsp3) is 0.556. The number of amides is 3. The lowest BCUT2D eigenvalue weighted by Gasteiger charge is -2.35. The van der Waals surface area contributed by atoms with Crippen LogP contribution in [0.15, 0.2) is 30.3 Å². The summed E-state index contributed by atoms with van der Waals surface area (Å²) >= 11 is 0. The summed E-state index contributed by atoms with van der Waals surface area (Å²) in [6, 6.07) is 9.51. The summed E-state index contributed by atoms with van der Waals surface area (Å²) in [6.45, 7) is 2.73. The molecule has 0 aliphatic carbocycles. The average molecular weight is 362 g/mol. The largest absolute Gasteiger partial charge is 0.363 e. The Morgan fingerprint density at radius 3 is 2.77 bits per heavy atom. The van der Waals surface area contributed by atoms with E-state index < -0.39 is 6.23 Å². The number of carbonyl (C=O) groups excluding carboxylic acids is 2. The lowest BCUT2D eigenvalue weighted by Crippen LogP contribution is -2.57. The first kappa shape index (κ1) is 18.6. The van der Waals surface area contributed by atoms with E-state index in [0.29, 0.717) is 19.6 Å². The normalized spacial score (nSPS) is 23.2. The molecule has 3 rings (SSSR count). The SMILES string of the molecule is CCC(=O)NNC(OC)C1CCC2CN1C(=O)N2OCc1ccccc1. The number of carbonyl (C=O) groups is 2. The topological polar surface area (TPSA) is 83.1 Å². The molecule has 1 aromatic carbocycles. The first-order valence-electron chi connectivity index (χ1n) is 8.97. The van der Waals surface area contributed by atoms with E-state index in [1.54, 1.807) is 18.9 Å². The van der Waals surface area contributed by atoms with Crippen molar-refractivity contribution < 1.29 is 19.2 Å². The molecule has 1 aromatic rings. The Bertz CT molecular complexity index is 627. The molecule has 8 nitrogen and oxygen atoms in total. The van der Waals surface area contributed by atoms with Gasteiger partial charge in [-0.25, -0.2) is 10.2 Å². The Labute approximate surface area is 153 Å². The first-order chi connectivity index (χ1) is 12.6. The van der Waals surface area contributed by atoms with Crippen molar-refractivity contribution in [3.8, 4) is 0 Å². The monoisotopic (exact) mass is 362 g/mol. The Morgan fingerprint density at radius 2 is 2.08 bits per heavy atom. The smallest absolute Gasteiger partial charge is 0.344 e. The van der Waals surface area contributed by atoms with Gasteiger partial charge in [-0.3, -0.25) is 15.1 Å². The maximum Gasteiger partial charge on any atom is 0.344 e. The van der Waals surface area contributed by atoms with E-state index in [2.05, 4.69) is 10.9 Å². The summed E-state index contributed by atoms with van der Waals surface area (Å²) in [4.78, 5) is 31.8. The van der Waals surface area contributed by atoms with Crippen LogP contribution in [0, 0.1) is 0 Å². The van der Waals surface area contributed by atoms with E-state index in [9.17, 15) is 9.59 Å². The fourth-order valence-electron chi connectivity index (χ4n) is 3.41. The van der Waals surface area contributed by atoms with Gasteiger partial charge in [-0.05, 0) is 18.4 Å². The minimum atomic E-state index is -0.468. The summed E-state index contributed by atoms with van der Waals surface area (Å²) in [6.07, 6.45) is 1.50. The molecule has 0 spiro atoms. The molecule has 0 radical (unpaired) electrons. The van der Waals surface area contributed by atoms with Crippen LogP contribution in [-0.4, -0.2) is 53.9 Å². The Hall–Kier alpha value is -2.16. The third-order valence-electron chi connectivity index (χ3n) is 4.86. The highest BCUT2D eigenvalue weighted by molar-refractivity contribution is 5.77. The van der Waals surface area contributed by atoms with E-state index in [-0.39, 0.29) is 24.0 Å². The van der Waals surface area contributed by atoms with Crippen molar-refractivity contribution in [2.45, 2.75) is 51.1 Å². The van der Waals surface area contributed by atoms with E-state index in [4.69, 9.17) is 9.57 Å². The summed E-state index contributed by atoms with van der Waals surface area (Å²) in [5.41, 5.74) is 6.53. The predicted molar refractivity (Wildman–Crippen MR) is 94.3 cm³/mol. The van der Waals surface area contributed by atoms with Crippen molar-refractivity contribution in [3.05, 3.63) is 35.9 Å². The number of hydrogen-bond donors (Lipinski definition) is 2. The van der Waals surface area contributed by atoms with Crippen molar-refractivity contribution in [2.24, 2.45) is 0 Å². The molecular formula is C18H26N4O4. The number of urea groups is 1. The highest BCUT2D eigenvalue weighted by atomic mass is 16.7. The molecule has 3 amide bonds. The number of benzene rings is 1. The van der Waals surface area contributed by atoms with Crippen LogP contribution >= 0.6 is 0 Å². The molecule has 142 valence electrons. The van der Waals surface area contributed by atoms with Crippen LogP contribution in [0.2, 0.25) is 0 Å². The lowest BCUT2D eigenvalue weighted by atomic mass is 10.00. The van der Waals surface area contributed by atoms with Crippen LogP contribution in [0.5, 0.6) is 0 Å². The van der Waals surface area contributed by atoms with E-state index >= 15 is 0 Å². The second kappa shape index (κ2) is 8.48. The quantitative estimate of drug-likeness (QED) is 0.539. The Kier molecular flexibility index (Phi) is 6.08. The number of hydrazine groups is 1. The molecule has 26 heavy (non-hydrogen) atoms. The van der Waals surface area contributed by atoms with Gasteiger partial charge in [0.2, 0.25) is 5.91 Å². The zero-order chi connectivity index (χ0) is 18.5. The molecule has 0 saturated carbocycles. The summed E-state index contributed by atoms with van der Waals surface area (Å²) in [5.74, 6) is -0.124. The summed E-state index contributed by atoms with van der Waals surface area (Å²) in [7, 11) is 1.56. The minimum Gasteiger partial charge on any atom is -0.363 e. The minimum absolute atomic E-state index is 0.0465. The number of piperidine rings is 1. The summed E-state index contributed by atoms with van der Waals surface area (Å²) < 4.78 is 5.47. The van der Waals surface area contributed by atoms with Crippen molar-refractivity contribution in [2.75, 3.05) is 13.7 Å². The molecule has 2 saturated heterocycles. The molecule has 3 atom stereocenters. The van der Waals surface area contributed by atoms with E-state index in [1.807, 2.05) is 30.3 Å². The van der Waals surface area contributed by atoms with Gasteiger partial charge in [0.1, 0.15) is 12.8 Å². The van der Waals surface area contributed by atoms with Gasteiger partial charge in [0.25, 0.3) is 0 Å². The van der Waals surface area contributed by atoms with Gasteiger partial charge in [-0.2, -0.15) is 5.06 Å². The van der Waals surface area contributed by atoms with Gasteiger partial charge in [-0.15, -0.1) is 0 Å². The summed E-state index contributed by atoms with van der Waals surface area (Å²) in [5, 5.41) is 1.49. The molecule has 3 unspecified atom stereocenters. The van der Waals surface area contributed by atoms with Gasteiger partial charge in [0.15, 0.2) is 0 Å². The van der Waals surface area contributed by atoms with Gasteiger partial charge in [0, 0.05) is 20.1 Å². The van der Waals surface area contributed by atoms with Crippen LogP contribution in [-0.2, 0) is 21.0 Å². The number of hydroxylamine groups is 2. The maximum absolute atomic E-state index is 12.8. The van der Waals surface area contributed by atoms with Gasteiger partial charge < -0.3 is 9.64 Å². The fourth-order valence-corrected chi connectivity index (χ4v) is 3.41. The predicted octanol–water partition coefficient (Wildman–Crippen LogP) is 1.39. The number of nitrogens with zero attached hydrogens (tertiary/aromatic N) is 2. The molecule has 0 aromatic heterocycles. The van der Waals surface area contributed by atoms with Crippen molar-refractivity contribution in [1.82, 2.24) is 20.8 Å². The zero-order valence-corrected chi connectivity index (χ0v) is 15.2. The van der Waals surface area contributed by atoms with Gasteiger partial charge >= 0.3 is 6.03 Å². The number of hydrogen-bond acceptors (Lipinski definition) is 5. The highest BCUT2D eigenvalue weighted by Gasteiger charge is 2.48. The lowest BCUT2D eigenvalue weighted by molar-refractivity contribution is -0.140. The number of methoxy groups -OCH3 is 1. The van der Waals surface area contributed by atoms with E-state index in [0.717, 1.165) is 18.4 Å². The molecule has 2 heterocycles. The molecule has 8 heteroatoms. The third kappa shape index (κ3) is 3.98. The van der Waals surface area contributed by atoms with Crippen LogP contribution in [0.4, 0.5) is 4.79 Å². The first-order valence-corrected chi connectivity index (χ1v) is 8.97. The molecule has 2 aliphatic heterocycles. The molecule has 2 bridgehead atoms. The average Bonchev–Trinajstić information content (AvgIpc) is 2.92. The molecule has 2 fully saturated rings. The van der Waals surface area contributed by atoms with Crippen molar-refractivity contribution >= 4 is 11.9 Å². The zero-order valence-electron chi connectivity index (χ0n) is 15.2. The third-order valence-corrected chi connectivity index (χ3v) is 4.86. The van der Waals surface area contributed by atoms with Crippen LogP contribution in [0.25, 0.3) is 0 Å². The maximum atomic E-state index is 12.8. The number of rotatable bonds is 8. The van der Waals surface area contributed by atoms with Crippen LogP contribution in [0.1, 0.15) is 31.7 Å². The van der Waals surface area contributed by atoms with Gasteiger partial charge in [-0.1, -0.05) is 37.3 Å². The van der Waals surface area contributed by atoms with Crippen molar-refractivity contribution in [3.63, 3.8) is 0 Å². The highest BCUT2D eigenvalue weighted by Crippen LogP contribution is 2.31. The standard InChI is InChI=1S/C18H26N4O4/c1-3-16(23)19-20-17(25-2)15-10-9-14-11-21(15)18(24)22(14)26-12-13-7-5-4-6-8-13/h4-8,14-15,17,20H,3,9-12H2,1-2H3,(H,19,23). The molecule has 2 aliphatic rings. The van der Waals surface area contributed by atoms with Crippen molar-refractivity contribution in [1.29, 1.82) is 0 Å². The number of fused-ring (bicyclic) bond motifs is 2. The van der Waals surface area contributed by atoms with Crippen LogP contribution in [0.3, 0.4) is 0 Å². The Morgan fingerprint density at radius 1 is 1.31 bits per heavy atom. The number of ether oxygens (including phenoxy) is 1. The second-order valence-electron chi connectivity index (χ2n) is 6.52. The number of nitrogens with one attached hydrogen (secondary N) is 2. The molecule has 2 N–H and O–H groups in total. The van der Waals surface area contributed by atoms with Gasteiger partial charge in [0.05, 0.1) is 12.1 Å². The van der Waals surface area contributed by atoms with E-state index in [1.165, 1.54) is 5.06 Å². The second-order valence-corrected chi connectivity index (χ2v) is 6.52. The molecular weight excluding hydrogens is 336 g/mol.